The maximum Gasteiger partial charge on any atom is 0.287 e. The van der Waals surface area contributed by atoms with Crippen LogP contribution in [0, 0.1) is 6.92 Å². The quantitative estimate of drug-likeness (QED) is 0.865. The zero-order chi connectivity index (χ0) is 12.5. The fraction of sp³-hybridized carbons (Fsp3) is 0.400. The Morgan fingerprint density at radius 3 is 2.83 bits per heavy atom. The SMILES string of the molecule is CNCCC1=NS(=O)(=O)c2cc(C)cnc2N1.Cl. The van der Waals surface area contributed by atoms with E-state index in [1.165, 1.54) is 0 Å². The van der Waals surface area contributed by atoms with Crippen molar-refractivity contribution in [2.24, 2.45) is 4.40 Å². The van der Waals surface area contributed by atoms with Crippen LogP contribution in [-0.4, -0.2) is 32.8 Å². The second-order valence-electron chi connectivity index (χ2n) is 3.85. The van der Waals surface area contributed by atoms with Crippen molar-refractivity contribution in [1.82, 2.24) is 10.3 Å². The van der Waals surface area contributed by atoms with Crippen molar-refractivity contribution in [2.45, 2.75) is 18.2 Å². The van der Waals surface area contributed by atoms with Crippen LogP contribution in [0.5, 0.6) is 0 Å². The maximum atomic E-state index is 11.9. The smallest absolute Gasteiger partial charge is 0.287 e. The second kappa shape index (κ2) is 5.64. The predicted octanol–water partition coefficient (Wildman–Crippen LogP) is 0.934. The van der Waals surface area contributed by atoms with Crippen LogP contribution in [0.25, 0.3) is 0 Å². The largest absolute Gasteiger partial charge is 0.327 e. The minimum Gasteiger partial charge on any atom is -0.327 e. The third kappa shape index (κ3) is 2.98. The van der Waals surface area contributed by atoms with E-state index in [0.717, 1.165) is 5.56 Å². The van der Waals surface area contributed by atoms with Gasteiger partial charge in [-0.15, -0.1) is 16.8 Å². The second-order valence-corrected chi connectivity index (χ2v) is 5.42. The first-order chi connectivity index (χ1) is 8.03. The lowest BCUT2D eigenvalue weighted by atomic mass is 10.3. The Kier molecular flexibility index (Phi) is 4.66. The molecule has 1 aromatic rings. The predicted molar refractivity (Wildman–Crippen MR) is 73.0 cm³/mol. The summed E-state index contributed by atoms with van der Waals surface area (Å²) in [5, 5.41) is 5.87. The van der Waals surface area contributed by atoms with E-state index in [1.54, 1.807) is 26.2 Å². The van der Waals surface area contributed by atoms with Crippen LogP contribution in [0.2, 0.25) is 0 Å². The monoisotopic (exact) mass is 290 g/mol. The standard InChI is InChI=1S/C10H14N4O2S.ClH/c1-7-5-8-10(12-6-7)13-9(3-4-11-2)14-17(8,15)16;/h5-6,11H,3-4H2,1-2H3,(H,12,13,14);1H. The summed E-state index contributed by atoms with van der Waals surface area (Å²) in [5.74, 6) is 0.778. The first-order valence-corrected chi connectivity index (χ1v) is 6.69. The van der Waals surface area contributed by atoms with Crippen molar-refractivity contribution in [3.8, 4) is 0 Å². The molecule has 1 aliphatic heterocycles. The Morgan fingerprint density at radius 1 is 1.44 bits per heavy atom. The number of sulfonamides is 1. The number of rotatable bonds is 3. The number of aryl methyl sites for hydroxylation is 1. The summed E-state index contributed by atoms with van der Waals surface area (Å²) < 4.78 is 27.6. The molecule has 0 radical (unpaired) electrons. The van der Waals surface area contributed by atoms with Crippen LogP contribution < -0.4 is 10.6 Å². The van der Waals surface area contributed by atoms with Gasteiger partial charge in [-0.25, -0.2) is 4.98 Å². The van der Waals surface area contributed by atoms with Crippen LogP contribution in [0.4, 0.5) is 5.82 Å². The zero-order valence-corrected chi connectivity index (χ0v) is 11.7. The number of halogens is 1. The van der Waals surface area contributed by atoms with Crippen molar-refractivity contribution >= 4 is 34.1 Å². The molecule has 0 amide bonds. The first-order valence-electron chi connectivity index (χ1n) is 5.25. The zero-order valence-electron chi connectivity index (χ0n) is 10.1. The van der Waals surface area contributed by atoms with Gasteiger partial charge in [-0.1, -0.05) is 0 Å². The summed E-state index contributed by atoms with van der Waals surface area (Å²) >= 11 is 0. The molecule has 2 rings (SSSR count). The van der Waals surface area contributed by atoms with E-state index in [1.807, 2.05) is 0 Å². The van der Waals surface area contributed by atoms with E-state index in [4.69, 9.17) is 0 Å². The molecule has 0 saturated heterocycles. The summed E-state index contributed by atoms with van der Waals surface area (Å²) in [6, 6.07) is 1.57. The van der Waals surface area contributed by atoms with E-state index in [9.17, 15) is 8.42 Å². The summed E-state index contributed by atoms with van der Waals surface area (Å²) in [7, 11) is -1.81. The molecule has 6 nitrogen and oxygen atoms in total. The molecule has 0 atom stereocenters. The lowest BCUT2D eigenvalue weighted by molar-refractivity contribution is 0.597. The normalized spacial score (nSPS) is 16.0. The number of hydrogen-bond donors (Lipinski definition) is 2. The molecule has 0 saturated carbocycles. The first kappa shape index (κ1) is 14.9. The summed E-state index contributed by atoms with van der Waals surface area (Å²) in [4.78, 5) is 4.23. The van der Waals surface area contributed by atoms with Gasteiger partial charge in [0.15, 0.2) is 5.82 Å². The number of fused-ring (bicyclic) bond motifs is 1. The van der Waals surface area contributed by atoms with Gasteiger partial charge in [0.2, 0.25) is 0 Å². The van der Waals surface area contributed by atoms with Crippen molar-refractivity contribution in [3.05, 3.63) is 17.8 Å². The molecule has 1 aliphatic rings. The molecule has 0 bridgehead atoms. The van der Waals surface area contributed by atoms with E-state index < -0.39 is 10.0 Å². The van der Waals surface area contributed by atoms with Gasteiger partial charge in [-0.3, -0.25) is 0 Å². The van der Waals surface area contributed by atoms with E-state index in [2.05, 4.69) is 20.0 Å². The van der Waals surface area contributed by atoms with E-state index in [-0.39, 0.29) is 17.3 Å². The van der Waals surface area contributed by atoms with Gasteiger partial charge in [-0.2, -0.15) is 8.42 Å². The number of aromatic nitrogens is 1. The average Bonchev–Trinajstić information content (AvgIpc) is 2.27. The Balaban J connectivity index is 0.00000162. The fourth-order valence-corrected chi connectivity index (χ4v) is 2.75. The summed E-state index contributed by atoms with van der Waals surface area (Å²) in [6.45, 7) is 2.45. The molecule has 2 heterocycles. The van der Waals surface area contributed by atoms with Crippen molar-refractivity contribution < 1.29 is 8.42 Å². The molecule has 100 valence electrons. The Bertz CT molecular complexity index is 571. The molecule has 0 unspecified atom stereocenters. The number of amidine groups is 1. The van der Waals surface area contributed by atoms with Gasteiger partial charge in [0.1, 0.15) is 10.7 Å². The lowest BCUT2D eigenvalue weighted by Gasteiger charge is -2.17. The lowest BCUT2D eigenvalue weighted by Crippen LogP contribution is -2.25. The number of nitrogens with zero attached hydrogens (tertiary/aromatic N) is 2. The molecule has 0 spiro atoms. The summed E-state index contributed by atoms with van der Waals surface area (Å²) in [5.41, 5.74) is 0.794. The number of anilines is 1. The van der Waals surface area contributed by atoms with Crippen LogP contribution >= 0.6 is 12.4 Å². The van der Waals surface area contributed by atoms with Crippen molar-refractivity contribution in [2.75, 3.05) is 18.9 Å². The van der Waals surface area contributed by atoms with Crippen LogP contribution in [0.1, 0.15) is 12.0 Å². The highest BCUT2D eigenvalue weighted by molar-refractivity contribution is 7.90. The summed E-state index contributed by atoms with van der Waals surface area (Å²) in [6.07, 6.45) is 2.15. The van der Waals surface area contributed by atoms with E-state index in [0.29, 0.717) is 24.6 Å². The molecule has 1 aromatic heterocycles. The van der Waals surface area contributed by atoms with Gasteiger partial charge in [0, 0.05) is 19.2 Å². The third-order valence-electron chi connectivity index (χ3n) is 2.37. The van der Waals surface area contributed by atoms with Gasteiger partial charge in [-0.05, 0) is 25.6 Å². The van der Waals surface area contributed by atoms with Crippen LogP contribution in [-0.2, 0) is 10.0 Å². The van der Waals surface area contributed by atoms with Gasteiger partial charge in [0.25, 0.3) is 10.0 Å². The molecular weight excluding hydrogens is 276 g/mol. The number of pyridine rings is 1. The van der Waals surface area contributed by atoms with Gasteiger partial charge >= 0.3 is 0 Å². The minimum atomic E-state index is -3.61. The highest BCUT2D eigenvalue weighted by Crippen LogP contribution is 2.26. The Labute approximate surface area is 112 Å². The minimum absolute atomic E-state index is 0. The highest BCUT2D eigenvalue weighted by atomic mass is 35.5. The highest BCUT2D eigenvalue weighted by Gasteiger charge is 2.25. The van der Waals surface area contributed by atoms with Crippen LogP contribution in [0.3, 0.4) is 0 Å². The topological polar surface area (TPSA) is 83.5 Å². The Hall–Kier alpha value is -1.18. The van der Waals surface area contributed by atoms with Gasteiger partial charge in [0.05, 0.1) is 0 Å². The molecular formula is C10H15ClN4O2S. The number of hydrogen-bond acceptors (Lipinski definition) is 5. The average molecular weight is 291 g/mol. The molecule has 0 aliphatic carbocycles. The number of nitrogens with one attached hydrogen (secondary N) is 2. The van der Waals surface area contributed by atoms with Crippen molar-refractivity contribution in [3.63, 3.8) is 0 Å². The molecule has 8 heteroatoms. The maximum absolute atomic E-state index is 11.9. The molecule has 18 heavy (non-hydrogen) atoms. The van der Waals surface area contributed by atoms with Crippen molar-refractivity contribution in [1.29, 1.82) is 0 Å². The van der Waals surface area contributed by atoms with Gasteiger partial charge < -0.3 is 10.6 Å². The molecule has 2 N–H and O–H groups in total. The molecule has 0 fully saturated rings. The third-order valence-corrected chi connectivity index (χ3v) is 3.70. The molecule has 0 aromatic carbocycles. The fourth-order valence-electron chi connectivity index (χ4n) is 1.54. The van der Waals surface area contributed by atoms with E-state index >= 15 is 0 Å². The van der Waals surface area contributed by atoms with Crippen LogP contribution in [0.15, 0.2) is 21.6 Å². The Morgan fingerprint density at radius 2 is 2.17 bits per heavy atom.